The highest BCUT2D eigenvalue weighted by atomic mass is 19.1. The van der Waals surface area contributed by atoms with E-state index in [1.165, 1.54) is 12.1 Å². The molecule has 0 spiro atoms. The van der Waals surface area contributed by atoms with Crippen LogP contribution in [-0.2, 0) is 0 Å². The molecule has 0 atom stereocenters. The highest BCUT2D eigenvalue weighted by molar-refractivity contribution is 6.58. The summed E-state index contributed by atoms with van der Waals surface area (Å²) in [6, 6.07) is 4.43. The quantitative estimate of drug-likeness (QED) is 0.696. The standard InChI is InChI=1S/C11H10BFO2/c13-11-7-9(8-3-1-2-4-8)5-6-10(11)12(14)15/h1-8,14-15H. The molecule has 2 nitrogen and oxygen atoms in total. The summed E-state index contributed by atoms with van der Waals surface area (Å²) >= 11 is 0. The fourth-order valence-corrected chi connectivity index (χ4v) is 1.61. The lowest BCUT2D eigenvalue weighted by molar-refractivity contribution is 0.423. The Morgan fingerprint density at radius 3 is 2.33 bits per heavy atom. The van der Waals surface area contributed by atoms with E-state index in [1.54, 1.807) is 6.07 Å². The van der Waals surface area contributed by atoms with E-state index in [1.807, 2.05) is 24.3 Å². The van der Waals surface area contributed by atoms with E-state index in [0.717, 1.165) is 5.56 Å². The lowest BCUT2D eigenvalue weighted by Gasteiger charge is -2.08. The number of hydrogen-bond acceptors (Lipinski definition) is 2. The molecule has 1 aliphatic rings. The van der Waals surface area contributed by atoms with Crippen molar-refractivity contribution in [1.29, 1.82) is 0 Å². The van der Waals surface area contributed by atoms with Crippen molar-refractivity contribution in [3.8, 4) is 0 Å². The van der Waals surface area contributed by atoms with Crippen LogP contribution in [0.1, 0.15) is 11.5 Å². The number of allylic oxidation sites excluding steroid dienone is 4. The zero-order chi connectivity index (χ0) is 10.8. The van der Waals surface area contributed by atoms with Gasteiger partial charge in [0.2, 0.25) is 0 Å². The van der Waals surface area contributed by atoms with Crippen LogP contribution in [0.3, 0.4) is 0 Å². The molecule has 15 heavy (non-hydrogen) atoms. The van der Waals surface area contributed by atoms with Gasteiger partial charge in [0, 0.05) is 11.4 Å². The smallest absolute Gasteiger partial charge is 0.423 e. The average molecular weight is 204 g/mol. The molecule has 1 aromatic carbocycles. The zero-order valence-corrected chi connectivity index (χ0v) is 7.97. The minimum Gasteiger partial charge on any atom is -0.423 e. The Kier molecular flexibility index (Phi) is 2.71. The predicted molar refractivity (Wildman–Crippen MR) is 57.2 cm³/mol. The van der Waals surface area contributed by atoms with E-state index in [-0.39, 0.29) is 11.4 Å². The first-order valence-corrected chi connectivity index (χ1v) is 4.69. The fourth-order valence-electron chi connectivity index (χ4n) is 1.61. The van der Waals surface area contributed by atoms with Crippen LogP contribution < -0.4 is 5.46 Å². The molecule has 0 saturated carbocycles. The van der Waals surface area contributed by atoms with Gasteiger partial charge >= 0.3 is 7.12 Å². The van der Waals surface area contributed by atoms with E-state index in [9.17, 15) is 4.39 Å². The molecule has 2 rings (SSSR count). The van der Waals surface area contributed by atoms with Crippen molar-refractivity contribution in [1.82, 2.24) is 0 Å². The van der Waals surface area contributed by atoms with E-state index in [0.29, 0.717) is 0 Å². The van der Waals surface area contributed by atoms with Crippen LogP contribution in [-0.4, -0.2) is 17.2 Å². The third kappa shape index (κ3) is 2.01. The van der Waals surface area contributed by atoms with E-state index in [4.69, 9.17) is 10.0 Å². The third-order valence-electron chi connectivity index (χ3n) is 2.44. The molecule has 0 fully saturated rings. The van der Waals surface area contributed by atoms with Crippen molar-refractivity contribution >= 4 is 12.6 Å². The van der Waals surface area contributed by atoms with Gasteiger partial charge in [0.15, 0.2) is 0 Å². The Bertz CT molecular complexity index is 415. The average Bonchev–Trinajstić information content (AvgIpc) is 2.69. The highest BCUT2D eigenvalue weighted by Gasteiger charge is 2.17. The first kappa shape index (κ1) is 10.1. The minimum atomic E-state index is -1.76. The van der Waals surface area contributed by atoms with Crippen molar-refractivity contribution in [2.24, 2.45) is 0 Å². The molecule has 0 heterocycles. The second-order valence-electron chi connectivity index (χ2n) is 3.45. The normalized spacial score (nSPS) is 14.9. The highest BCUT2D eigenvalue weighted by Crippen LogP contribution is 2.22. The molecular weight excluding hydrogens is 194 g/mol. The van der Waals surface area contributed by atoms with Crippen LogP contribution >= 0.6 is 0 Å². The van der Waals surface area contributed by atoms with Crippen LogP contribution in [0.25, 0.3) is 0 Å². The predicted octanol–water partition coefficient (Wildman–Crippen LogP) is 0.715. The molecule has 0 amide bonds. The van der Waals surface area contributed by atoms with E-state index < -0.39 is 12.9 Å². The maximum absolute atomic E-state index is 13.4. The van der Waals surface area contributed by atoms with Crippen LogP contribution in [0.15, 0.2) is 42.5 Å². The van der Waals surface area contributed by atoms with Crippen LogP contribution in [0.2, 0.25) is 0 Å². The summed E-state index contributed by atoms with van der Waals surface area (Å²) in [7, 11) is -1.76. The second kappa shape index (κ2) is 4.00. The largest absolute Gasteiger partial charge is 0.491 e. The first-order valence-electron chi connectivity index (χ1n) is 4.69. The SMILES string of the molecule is OB(O)c1ccc(C2C=CC=C2)cc1F. The molecule has 0 unspecified atom stereocenters. The maximum Gasteiger partial charge on any atom is 0.491 e. The van der Waals surface area contributed by atoms with E-state index >= 15 is 0 Å². The number of benzene rings is 1. The van der Waals surface area contributed by atoms with Gasteiger partial charge in [0.1, 0.15) is 5.82 Å². The van der Waals surface area contributed by atoms with E-state index in [2.05, 4.69) is 0 Å². The van der Waals surface area contributed by atoms with Gasteiger partial charge in [0.25, 0.3) is 0 Å². The Morgan fingerprint density at radius 1 is 1.13 bits per heavy atom. The Hall–Kier alpha value is -1.39. The minimum absolute atomic E-state index is 0.0874. The molecule has 1 aliphatic carbocycles. The topological polar surface area (TPSA) is 40.5 Å². The van der Waals surface area contributed by atoms with Crippen LogP contribution in [0.4, 0.5) is 4.39 Å². The summed E-state index contributed by atoms with van der Waals surface area (Å²) in [5.41, 5.74) is 0.714. The molecule has 0 saturated heterocycles. The first-order chi connectivity index (χ1) is 7.18. The van der Waals surface area contributed by atoms with Crippen molar-refractivity contribution in [2.45, 2.75) is 5.92 Å². The molecule has 76 valence electrons. The summed E-state index contributed by atoms with van der Waals surface area (Å²) in [6.07, 6.45) is 7.70. The summed E-state index contributed by atoms with van der Waals surface area (Å²) < 4.78 is 13.4. The molecule has 0 aromatic heterocycles. The molecule has 0 radical (unpaired) electrons. The number of halogens is 1. The lowest BCUT2D eigenvalue weighted by atomic mass is 9.79. The van der Waals surface area contributed by atoms with Gasteiger partial charge in [-0.25, -0.2) is 4.39 Å². The van der Waals surface area contributed by atoms with Gasteiger partial charge in [0.05, 0.1) is 0 Å². The second-order valence-corrected chi connectivity index (χ2v) is 3.45. The van der Waals surface area contributed by atoms with Crippen molar-refractivity contribution in [3.63, 3.8) is 0 Å². The summed E-state index contributed by atoms with van der Waals surface area (Å²) in [5, 5.41) is 17.7. The van der Waals surface area contributed by atoms with Gasteiger partial charge in [-0.3, -0.25) is 0 Å². The molecule has 1 aromatic rings. The Morgan fingerprint density at radius 2 is 1.80 bits per heavy atom. The monoisotopic (exact) mass is 204 g/mol. The van der Waals surface area contributed by atoms with Gasteiger partial charge in [-0.05, 0) is 11.6 Å². The van der Waals surface area contributed by atoms with Crippen molar-refractivity contribution in [2.75, 3.05) is 0 Å². The maximum atomic E-state index is 13.4. The third-order valence-corrected chi connectivity index (χ3v) is 2.44. The van der Waals surface area contributed by atoms with Gasteiger partial charge < -0.3 is 10.0 Å². The molecule has 0 bridgehead atoms. The fraction of sp³-hybridized carbons (Fsp3) is 0.0909. The molecule has 2 N–H and O–H groups in total. The van der Waals surface area contributed by atoms with Crippen LogP contribution in [0, 0.1) is 5.82 Å². The van der Waals surface area contributed by atoms with Crippen molar-refractivity contribution < 1.29 is 14.4 Å². The number of hydrogen-bond donors (Lipinski definition) is 2. The summed E-state index contributed by atoms with van der Waals surface area (Å²) in [5.74, 6) is -0.499. The van der Waals surface area contributed by atoms with Gasteiger partial charge in [-0.2, -0.15) is 0 Å². The summed E-state index contributed by atoms with van der Waals surface area (Å²) in [6.45, 7) is 0. The molecule has 0 aliphatic heterocycles. The van der Waals surface area contributed by atoms with Gasteiger partial charge in [-0.15, -0.1) is 0 Å². The molecule has 4 heteroatoms. The zero-order valence-electron chi connectivity index (χ0n) is 7.97. The van der Waals surface area contributed by atoms with Crippen LogP contribution in [0.5, 0.6) is 0 Å². The molecular formula is C11H10BFO2. The number of rotatable bonds is 2. The Labute approximate surface area is 87.5 Å². The summed E-state index contributed by atoms with van der Waals surface area (Å²) in [4.78, 5) is 0. The van der Waals surface area contributed by atoms with Crippen molar-refractivity contribution in [3.05, 3.63) is 53.9 Å². The lowest BCUT2D eigenvalue weighted by Crippen LogP contribution is -2.32. The van der Waals surface area contributed by atoms with Gasteiger partial charge in [-0.1, -0.05) is 36.4 Å². The Balaban J connectivity index is 2.33.